The Bertz CT molecular complexity index is 3190. The Labute approximate surface area is 392 Å². The third-order valence-corrected chi connectivity index (χ3v) is 13.7. The van der Waals surface area contributed by atoms with E-state index in [0.29, 0.717) is 11.1 Å². The zero-order valence-electron chi connectivity index (χ0n) is 35.1. The van der Waals surface area contributed by atoms with Gasteiger partial charge in [0.1, 0.15) is 44.3 Å². The lowest BCUT2D eigenvalue weighted by Gasteiger charge is -2.12. The fourth-order valence-electron chi connectivity index (χ4n) is 6.13. The predicted octanol–water partition coefficient (Wildman–Crippen LogP) is 8.33. The molecule has 0 aromatic heterocycles. The number of carbonyl (C=O) groups excluding carboxylic acids is 2. The smallest absolute Gasteiger partial charge is 0.339 e. The van der Waals surface area contributed by atoms with E-state index in [-0.39, 0.29) is 57.3 Å². The summed E-state index contributed by atoms with van der Waals surface area (Å²) in [5.74, 6) is -1.32. The molecule has 350 valence electrons. The molecule has 0 aliphatic rings. The second-order valence-electron chi connectivity index (χ2n) is 14.4. The van der Waals surface area contributed by atoms with Crippen molar-refractivity contribution >= 4 is 75.3 Å². The summed E-state index contributed by atoms with van der Waals surface area (Å²) in [6.45, 7) is 0. The van der Waals surface area contributed by atoms with E-state index in [4.69, 9.17) is 16.7 Å². The number of urea groups is 2. The van der Waals surface area contributed by atoms with Crippen LogP contribution in [0.1, 0.15) is 11.1 Å². The summed E-state index contributed by atoms with van der Waals surface area (Å²) in [6, 6.07) is 41.5. The van der Waals surface area contributed by atoms with Gasteiger partial charge in [0.05, 0.1) is 0 Å². The summed E-state index contributed by atoms with van der Waals surface area (Å²) in [5, 5.41) is 10.1. The van der Waals surface area contributed by atoms with Gasteiger partial charge in [0.2, 0.25) is 0 Å². The zero-order chi connectivity index (χ0) is 48.4. The van der Waals surface area contributed by atoms with Gasteiger partial charge in [0.25, 0.3) is 0 Å². The molecule has 0 saturated heterocycles. The molecule has 0 heterocycles. The van der Waals surface area contributed by atoms with Crippen molar-refractivity contribution in [1.29, 1.82) is 0 Å². The van der Waals surface area contributed by atoms with Gasteiger partial charge in [-0.15, -0.1) is 0 Å². The number of carbonyl (C=O) groups is 2. The number of anilines is 4. The molecule has 0 unspecified atom stereocenters. The third kappa shape index (κ3) is 14.0. The summed E-state index contributed by atoms with van der Waals surface area (Å²) < 4.78 is 125. The van der Waals surface area contributed by atoms with Crippen molar-refractivity contribution in [2.75, 3.05) is 21.3 Å². The molecule has 0 bridgehead atoms. The van der Waals surface area contributed by atoms with Crippen molar-refractivity contribution in [3.8, 4) is 23.0 Å². The number of hydrogen-bond donors (Lipinski definition) is 4. The molecule has 68 heavy (non-hydrogen) atoms. The van der Waals surface area contributed by atoms with Gasteiger partial charge in [0.15, 0.2) is 0 Å². The van der Waals surface area contributed by atoms with Crippen LogP contribution in [0.3, 0.4) is 0 Å². The highest BCUT2D eigenvalue weighted by Crippen LogP contribution is 2.28. The molecule has 4 N–H and O–H groups in total. The molecular weight excluding hydrogens is 961 g/mol. The molecule has 0 saturated carbocycles. The number of benzene rings is 7. The molecule has 7 rings (SSSR count). The van der Waals surface area contributed by atoms with Crippen LogP contribution in [0.2, 0.25) is 0 Å². The van der Waals surface area contributed by atoms with E-state index in [1.54, 1.807) is 60.7 Å². The van der Waals surface area contributed by atoms with Gasteiger partial charge in [-0.25, -0.2) is 9.59 Å². The SMILES string of the molecule is O=C(Nc1cccc(OS(=O)(=O)Cc2ccccc2)c1)Nc1cccc(OS(=O)(=O)c2cccc(S(=O)(=O)Oc3cccc(NC(=O)Nc4cccc(OS(=O)(=O)Cc5ccccc5)c4)c3)c2)c1. The normalized spacial score (nSPS) is 11.6. The first-order chi connectivity index (χ1) is 32.4. The van der Waals surface area contributed by atoms with Crippen LogP contribution in [0, 0.1) is 0 Å². The summed E-state index contributed by atoms with van der Waals surface area (Å²) >= 11 is 0. The number of amides is 4. The number of nitrogens with one attached hydrogen (secondary N) is 4. The van der Waals surface area contributed by atoms with Gasteiger partial charge in [-0.2, -0.15) is 33.7 Å². The van der Waals surface area contributed by atoms with Crippen molar-refractivity contribution in [2.45, 2.75) is 21.3 Å². The van der Waals surface area contributed by atoms with E-state index < -0.39 is 62.3 Å². The maximum atomic E-state index is 13.4. The van der Waals surface area contributed by atoms with Crippen molar-refractivity contribution in [1.82, 2.24) is 0 Å². The minimum atomic E-state index is -4.68. The first-order valence-electron chi connectivity index (χ1n) is 19.8. The summed E-state index contributed by atoms with van der Waals surface area (Å²) in [7, 11) is -17.4. The molecule has 0 aliphatic carbocycles. The van der Waals surface area contributed by atoms with E-state index in [9.17, 15) is 43.3 Å². The van der Waals surface area contributed by atoms with Crippen molar-refractivity contribution < 1.29 is 60.0 Å². The largest absolute Gasteiger partial charge is 0.382 e. The Hall–Kier alpha value is -7.92. The van der Waals surface area contributed by atoms with Crippen molar-refractivity contribution in [3.05, 3.63) is 193 Å². The molecule has 0 radical (unpaired) electrons. The lowest BCUT2D eigenvalue weighted by Crippen LogP contribution is -2.19. The van der Waals surface area contributed by atoms with E-state index in [2.05, 4.69) is 21.3 Å². The Balaban J connectivity index is 0.934. The average molecular weight is 999 g/mol. The maximum Gasteiger partial charge on any atom is 0.339 e. The average Bonchev–Trinajstić information content (AvgIpc) is 3.26. The molecule has 0 spiro atoms. The van der Waals surface area contributed by atoms with E-state index in [1.165, 1.54) is 97.1 Å². The molecule has 7 aromatic carbocycles. The highest BCUT2D eigenvalue weighted by Gasteiger charge is 2.24. The summed E-state index contributed by atoms with van der Waals surface area (Å²) in [4.78, 5) is 24.6. The van der Waals surface area contributed by atoms with Crippen molar-refractivity contribution in [2.24, 2.45) is 0 Å². The maximum absolute atomic E-state index is 13.4. The lowest BCUT2D eigenvalue weighted by atomic mass is 10.2. The topological polar surface area (TPSA) is 256 Å². The zero-order valence-corrected chi connectivity index (χ0v) is 38.3. The fraction of sp³-hybridized carbons (Fsp3) is 0.0435. The molecule has 0 atom stereocenters. The number of rotatable bonds is 18. The molecule has 18 nitrogen and oxygen atoms in total. The van der Waals surface area contributed by atoms with Crippen LogP contribution in [0.4, 0.5) is 32.3 Å². The minimum Gasteiger partial charge on any atom is -0.382 e. The Morgan fingerprint density at radius 1 is 0.338 bits per heavy atom. The van der Waals surface area contributed by atoms with Gasteiger partial charge in [0, 0.05) is 47.0 Å². The third-order valence-electron chi connectivity index (χ3n) is 8.98. The van der Waals surface area contributed by atoms with Crippen LogP contribution in [-0.4, -0.2) is 45.7 Å². The lowest BCUT2D eigenvalue weighted by molar-refractivity contribution is 0.261. The molecule has 4 amide bonds. The molecular formula is C46H38N4O14S4. The molecule has 0 fully saturated rings. The van der Waals surface area contributed by atoms with Gasteiger partial charge in [-0.3, -0.25) is 0 Å². The van der Waals surface area contributed by atoms with Crippen LogP contribution in [0.25, 0.3) is 0 Å². The number of hydrogen-bond acceptors (Lipinski definition) is 14. The second-order valence-corrected chi connectivity index (χ2v) is 20.6. The van der Waals surface area contributed by atoms with Crippen LogP contribution >= 0.6 is 0 Å². The molecule has 22 heteroatoms. The standard InChI is InChI=1S/C46H38N4O14S4/c51-45(47-35-16-7-20-39(26-35)61-65(53,54)31-33-12-3-1-4-13-33)49-37-18-9-22-41(28-37)63-67(57,58)43-24-11-25-44(30-43)68(59,60)64-42-23-10-19-38(29-42)50-46(52)48-36-17-8-21-40(27-36)62-66(55,56)32-34-14-5-2-6-15-34/h1-30H,31-32H2,(H2,47,49,51)(H2,48,50,52). The summed E-state index contributed by atoms with van der Waals surface area (Å²) in [6.07, 6.45) is 0. The van der Waals surface area contributed by atoms with Crippen LogP contribution in [-0.2, 0) is 52.0 Å². The van der Waals surface area contributed by atoms with E-state index in [0.717, 1.165) is 24.3 Å². The molecule has 0 aliphatic heterocycles. The minimum absolute atomic E-state index is 0.0442. The first-order valence-corrected chi connectivity index (χ1v) is 25.8. The van der Waals surface area contributed by atoms with Gasteiger partial charge in [-0.1, -0.05) is 91.0 Å². The van der Waals surface area contributed by atoms with Crippen molar-refractivity contribution in [3.63, 3.8) is 0 Å². The van der Waals surface area contributed by atoms with Gasteiger partial charge < -0.3 is 38.0 Å². The van der Waals surface area contributed by atoms with Crippen LogP contribution < -0.4 is 38.0 Å². The Morgan fingerprint density at radius 3 is 0.956 bits per heavy atom. The highest BCUT2D eigenvalue weighted by molar-refractivity contribution is 7.88. The summed E-state index contributed by atoms with van der Waals surface area (Å²) in [5.41, 5.74) is 1.60. The molecule has 7 aromatic rings. The quantitative estimate of drug-likeness (QED) is 0.0590. The van der Waals surface area contributed by atoms with Gasteiger partial charge >= 0.3 is 52.5 Å². The predicted molar refractivity (Wildman–Crippen MR) is 253 cm³/mol. The van der Waals surface area contributed by atoms with E-state index >= 15 is 0 Å². The Kier molecular flexibility index (Phi) is 14.6. The fourth-order valence-corrected chi connectivity index (χ4v) is 10.3. The first kappa shape index (κ1) is 48.0. The van der Waals surface area contributed by atoms with Gasteiger partial charge in [-0.05, 0) is 77.9 Å². The Morgan fingerprint density at radius 2 is 0.632 bits per heavy atom. The van der Waals surface area contributed by atoms with Crippen LogP contribution in [0.5, 0.6) is 23.0 Å². The monoisotopic (exact) mass is 998 g/mol. The van der Waals surface area contributed by atoms with Crippen LogP contribution in [0.15, 0.2) is 192 Å². The second kappa shape index (κ2) is 20.7. The van der Waals surface area contributed by atoms with E-state index in [1.807, 2.05) is 0 Å². The highest BCUT2D eigenvalue weighted by atomic mass is 32.2.